The third-order valence-corrected chi connectivity index (χ3v) is 8.19. The third-order valence-electron chi connectivity index (χ3n) is 6.86. The molecule has 3 heterocycles. The molecule has 6 nitrogen and oxygen atoms in total. The first-order valence-corrected chi connectivity index (χ1v) is 13.2. The Morgan fingerprint density at radius 1 is 0.882 bits per heavy atom. The average molecular weight is 479 g/mol. The van der Waals surface area contributed by atoms with Gasteiger partial charge in [0.1, 0.15) is 5.03 Å². The second kappa shape index (κ2) is 10.8. The van der Waals surface area contributed by atoms with Crippen molar-refractivity contribution < 1.29 is 9.47 Å². The molecule has 0 N–H and O–H groups in total. The number of thioether (sulfide) groups is 1. The van der Waals surface area contributed by atoms with Crippen LogP contribution in [0.15, 0.2) is 47.5 Å². The van der Waals surface area contributed by atoms with Crippen molar-refractivity contribution in [3.8, 4) is 11.5 Å². The number of aromatic nitrogens is 2. The molecule has 2 aromatic carbocycles. The Kier molecular flexibility index (Phi) is 7.40. The molecule has 7 heteroatoms. The molecule has 2 aliphatic heterocycles. The van der Waals surface area contributed by atoms with Crippen LogP contribution in [0.5, 0.6) is 11.5 Å². The predicted octanol–water partition coefficient (Wildman–Crippen LogP) is 5.39. The number of nitrogens with zero attached hydrogens (tertiary/aromatic N) is 4. The Labute approximate surface area is 206 Å². The first-order valence-electron chi connectivity index (χ1n) is 12.3. The minimum atomic E-state index is 0.549. The van der Waals surface area contributed by atoms with Gasteiger partial charge in [0, 0.05) is 36.3 Å². The molecule has 0 saturated carbocycles. The van der Waals surface area contributed by atoms with E-state index in [-0.39, 0.29) is 0 Å². The fourth-order valence-corrected chi connectivity index (χ4v) is 6.11. The summed E-state index contributed by atoms with van der Waals surface area (Å²) in [5.74, 6) is 2.29. The van der Waals surface area contributed by atoms with Gasteiger partial charge in [0.25, 0.3) is 0 Å². The van der Waals surface area contributed by atoms with Crippen LogP contribution in [0.4, 0.5) is 5.95 Å². The highest BCUT2D eigenvalue weighted by molar-refractivity contribution is 8.00. The molecule has 1 aromatic heterocycles. The summed E-state index contributed by atoms with van der Waals surface area (Å²) in [5.41, 5.74) is 2.32. The molecule has 34 heavy (non-hydrogen) atoms. The van der Waals surface area contributed by atoms with Gasteiger partial charge in [-0.05, 0) is 56.8 Å². The van der Waals surface area contributed by atoms with Crippen molar-refractivity contribution in [3.05, 3.63) is 48.0 Å². The summed E-state index contributed by atoms with van der Waals surface area (Å²) in [7, 11) is 3.36. The maximum Gasteiger partial charge on any atom is 0.226 e. The normalized spacial score (nSPS) is 17.8. The molecule has 0 bridgehead atoms. The number of hydrogen-bond donors (Lipinski definition) is 0. The van der Waals surface area contributed by atoms with E-state index in [0.29, 0.717) is 11.0 Å². The zero-order valence-electron chi connectivity index (χ0n) is 20.2. The zero-order chi connectivity index (χ0) is 23.3. The van der Waals surface area contributed by atoms with Crippen LogP contribution < -0.4 is 14.4 Å². The summed E-state index contributed by atoms with van der Waals surface area (Å²) in [6.45, 7) is 5.32. The van der Waals surface area contributed by atoms with Crippen LogP contribution in [-0.4, -0.2) is 60.5 Å². The summed E-state index contributed by atoms with van der Waals surface area (Å²) in [6.07, 6.45) is 6.02. The largest absolute Gasteiger partial charge is 0.493 e. The lowest BCUT2D eigenvalue weighted by molar-refractivity contribution is 0.225. The second-order valence-electron chi connectivity index (χ2n) is 9.18. The maximum atomic E-state index is 5.60. The van der Waals surface area contributed by atoms with Crippen molar-refractivity contribution in [2.75, 3.05) is 45.3 Å². The molecule has 2 saturated heterocycles. The van der Waals surface area contributed by atoms with E-state index < -0.39 is 0 Å². The second-order valence-corrected chi connectivity index (χ2v) is 10.5. The maximum absolute atomic E-state index is 5.60. The van der Waals surface area contributed by atoms with E-state index in [1.54, 1.807) is 14.2 Å². The Morgan fingerprint density at radius 3 is 2.29 bits per heavy atom. The van der Waals surface area contributed by atoms with Crippen molar-refractivity contribution in [3.63, 3.8) is 0 Å². The standard InChI is InChI=1S/C27H34N4O2S/c1-32-24-17-22-23(18-25(24)33-2)28-27(31-13-7-4-8-14-31)29-26(22)34-21-11-15-30(16-12-21)19-20-9-5-3-6-10-20/h3,5-6,9-10,17-18,21H,4,7-8,11-16,19H2,1-2H3. The lowest BCUT2D eigenvalue weighted by Crippen LogP contribution is -2.34. The molecular weight excluding hydrogens is 444 g/mol. The molecule has 2 fully saturated rings. The van der Waals surface area contributed by atoms with Crippen LogP contribution in [0.1, 0.15) is 37.7 Å². The van der Waals surface area contributed by atoms with Crippen LogP contribution in [0.25, 0.3) is 10.9 Å². The molecule has 0 aliphatic carbocycles. The van der Waals surface area contributed by atoms with Crippen LogP contribution >= 0.6 is 11.8 Å². The first kappa shape index (κ1) is 23.2. The Balaban J connectivity index is 1.37. The SMILES string of the molecule is COc1cc2nc(N3CCCCC3)nc(SC3CCN(Cc4ccccc4)CC3)c2cc1OC. The van der Waals surface area contributed by atoms with E-state index in [0.717, 1.165) is 73.2 Å². The molecule has 0 amide bonds. The van der Waals surface area contributed by atoms with Gasteiger partial charge < -0.3 is 14.4 Å². The van der Waals surface area contributed by atoms with Crippen molar-refractivity contribution in [2.45, 2.75) is 48.9 Å². The zero-order valence-corrected chi connectivity index (χ0v) is 21.0. The molecule has 5 rings (SSSR count). The average Bonchev–Trinajstić information content (AvgIpc) is 2.90. The fraction of sp³-hybridized carbons (Fsp3) is 0.481. The van der Waals surface area contributed by atoms with Crippen molar-refractivity contribution in [1.82, 2.24) is 14.9 Å². The topological polar surface area (TPSA) is 50.7 Å². The van der Waals surface area contributed by atoms with Crippen molar-refractivity contribution in [1.29, 1.82) is 0 Å². The van der Waals surface area contributed by atoms with Crippen molar-refractivity contribution >= 4 is 28.6 Å². The summed E-state index contributed by atoms with van der Waals surface area (Å²) in [5, 5.41) is 2.66. The van der Waals surface area contributed by atoms with Gasteiger partial charge in [0.05, 0.1) is 19.7 Å². The van der Waals surface area contributed by atoms with E-state index >= 15 is 0 Å². The summed E-state index contributed by atoms with van der Waals surface area (Å²) < 4.78 is 11.2. The Hall–Kier alpha value is -2.51. The minimum Gasteiger partial charge on any atom is -0.493 e. The minimum absolute atomic E-state index is 0.549. The van der Waals surface area contributed by atoms with E-state index in [9.17, 15) is 0 Å². The van der Waals surface area contributed by atoms with Gasteiger partial charge in [-0.3, -0.25) is 4.90 Å². The number of methoxy groups -OCH3 is 2. The highest BCUT2D eigenvalue weighted by atomic mass is 32.2. The molecule has 0 unspecified atom stereocenters. The van der Waals surface area contributed by atoms with Gasteiger partial charge in [-0.2, -0.15) is 0 Å². The lowest BCUT2D eigenvalue weighted by Gasteiger charge is -2.32. The Morgan fingerprint density at radius 2 is 1.59 bits per heavy atom. The lowest BCUT2D eigenvalue weighted by atomic mass is 10.1. The molecule has 2 aliphatic rings. The summed E-state index contributed by atoms with van der Waals surface area (Å²) >= 11 is 1.91. The number of benzene rings is 2. The fourth-order valence-electron chi connectivity index (χ4n) is 4.93. The van der Waals surface area contributed by atoms with E-state index in [4.69, 9.17) is 19.4 Å². The summed E-state index contributed by atoms with van der Waals surface area (Å²) in [6, 6.07) is 14.8. The quantitative estimate of drug-likeness (QED) is 0.422. The van der Waals surface area contributed by atoms with Gasteiger partial charge >= 0.3 is 0 Å². The predicted molar refractivity (Wildman–Crippen MR) is 139 cm³/mol. The van der Waals surface area contributed by atoms with Crippen molar-refractivity contribution in [2.24, 2.45) is 0 Å². The van der Waals surface area contributed by atoms with Crippen LogP contribution in [-0.2, 0) is 6.54 Å². The van der Waals surface area contributed by atoms with Gasteiger partial charge in [0.15, 0.2) is 11.5 Å². The molecule has 3 aromatic rings. The number of ether oxygens (including phenoxy) is 2. The molecule has 0 atom stereocenters. The number of piperidine rings is 2. The molecule has 0 spiro atoms. The van der Waals surface area contributed by atoms with Gasteiger partial charge in [-0.1, -0.05) is 30.3 Å². The number of likely N-dealkylation sites (tertiary alicyclic amines) is 1. The Bertz CT molecular complexity index is 1100. The van der Waals surface area contributed by atoms with Crippen LogP contribution in [0.3, 0.4) is 0 Å². The highest BCUT2D eigenvalue weighted by Gasteiger charge is 2.24. The highest BCUT2D eigenvalue weighted by Crippen LogP contribution is 2.39. The van der Waals surface area contributed by atoms with Gasteiger partial charge in [-0.15, -0.1) is 11.8 Å². The summed E-state index contributed by atoms with van der Waals surface area (Å²) in [4.78, 5) is 15.0. The number of anilines is 1. The first-order chi connectivity index (χ1) is 16.7. The smallest absolute Gasteiger partial charge is 0.226 e. The molecule has 0 radical (unpaired) electrons. The van der Waals surface area contributed by atoms with Crippen LogP contribution in [0, 0.1) is 0 Å². The van der Waals surface area contributed by atoms with Gasteiger partial charge in [0.2, 0.25) is 5.95 Å². The molecular formula is C27H34N4O2S. The van der Waals surface area contributed by atoms with E-state index in [1.807, 2.05) is 23.9 Å². The van der Waals surface area contributed by atoms with E-state index in [2.05, 4.69) is 40.1 Å². The number of rotatable bonds is 7. The number of fused-ring (bicyclic) bond motifs is 1. The van der Waals surface area contributed by atoms with Crippen LogP contribution in [0.2, 0.25) is 0 Å². The number of hydrogen-bond acceptors (Lipinski definition) is 7. The molecule has 180 valence electrons. The van der Waals surface area contributed by atoms with E-state index in [1.165, 1.54) is 24.8 Å². The van der Waals surface area contributed by atoms with Gasteiger partial charge in [-0.25, -0.2) is 9.97 Å². The third kappa shape index (κ3) is 5.26. The monoisotopic (exact) mass is 478 g/mol.